The van der Waals surface area contributed by atoms with Gasteiger partial charge in [0.2, 0.25) is 0 Å². The Morgan fingerprint density at radius 1 is 0.647 bits per heavy atom. The summed E-state index contributed by atoms with van der Waals surface area (Å²) in [5, 5.41) is 15.6. The molecule has 51 heavy (non-hydrogen) atoms. The summed E-state index contributed by atoms with van der Waals surface area (Å²) in [5.74, 6) is 0.149. The molecule has 0 aliphatic carbocycles. The molecule has 0 aromatic heterocycles. The highest BCUT2D eigenvalue weighted by atomic mass is 16.7. The van der Waals surface area contributed by atoms with Gasteiger partial charge in [-0.15, -0.1) is 0 Å². The molecule has 1 aliphatic rings. The predicted octanol–water partition coefficient (Wildman–Crippen LogP) is 9.99. The van der Waals surface area contributed by atoms with Crippen LogP contribution in [0.25, 0.3) is 0 Å². The van der Waals surface area contributed by atoms with E-state index in [-0.39, 0.29) is 30.8 Å². The number of ether oxygens (including phenoxy) is 2. The number of benzene rings is 3. The molecule has 1 saturated heterocycles. The number of hydrogen-bond donors (Lipinski definition) is 3. The molecule has 3 aromatic rings. The van der Waals surface area contributed by atoms with Crippen molar-refractivity contribution in [2.75, 3.05) is 19.6 Å². The zero-order valence-corrected chi connectivity index (χ0v) is 31.7. The van der Waals surface area contributed by atoms with Gasteiger partial charge in [0.25, 0.3) is 0 Å². The van der Waals surface area contributed by atoms with Crippen molar-refractivity contribution in [3.05, 3.63) is 107 Å². The smallest absolute Gasteiger partial charge is 0.315 e. The molecule has 7 nitrogen and oxygen atoms in total. The lowest BCUT2D eigenvalue weighted by Gasteiger charge is -2.43. The highest BCUT2D eigenvalue weighted by Gasteiger charge is 2.39. The van der Waals surface area contributed by atoms with Crippen LogP contribution >= 0.6 is 0 Å². The molecular weight excluding hydrogens is 635 g/mol. The van der Waals surface area contributed by atoms with Gasteiger partial charge >= 0.3 is 6.03 Å². The van der Waals surface area contributed by atoms with Crippen LogP contribution in [0.15, 0.2) is 78.9 Å². The fourth-order valence-electron chi connectivity index (χ4n) is 6.92. The standard InChI is InChI=1S/C44H65N3O4/c1-4-6-8-10-12-17-29-47(30-18-13-11-9-7-5-2)33-41-35(3)42(39-25-23-38(34-48)24-26-39)51-43(50-41)40-27-21-37(22-28-40)32-46-44(49)45-31-36-19-15-14-16-20-36/h14-16,19-28,35,41-43,48H,4-13,17-18,29-34H2,1-3H3,(H2,45,46,49)/t35-,41+,42+,43+/m1/s1. The van der Waals surface area contributed by atoms with E-state index in [4.69, 9.17) is 9.47 Å². The van der Waals surface area contributed by atoms with Crippen LogP contribution in [0, 0.1) is 5.92 Å². The molecule has 0 radical (unpaired) electrons. The molecule has 1 heterocycles. The van der Waals surface area contributed by atoms with Crippen molar-refractivity contribution in [3.63, 3.8) is 0 Å². The minimum Gasteiger partial charge on any atom is -0.392 e. The topological polar surface area (TPSA) is 83.1 Å². The van der Waals surface area contributed by atoms with Crippen molar-refractivity contribution in [1.82, 2.24) is 15.5 Å². The van der Waals surface area contributed by atoms with Gasteiger partial charge in [0, 0.05) is 31.1 Å². The van der Waals surface area contributed by atoms with E-state index in [9.17, 15) is 9.90 Å². The first-order chi connectivity index (χ1) is 25.0. The quantitative estimate of drug-likeness (QED) is 0.0859. The van der Waals surface area contributed by atoms with E-state index in [2.05, 4.69) is 60.6 Å². The molecule has 0 unspecified atom stereocenters. The van der Waals surface area contributed by atoms with Crippen LogP contribution in [0.4, 0.5) is 4.79 Å². The Morgan fingerprint density at radius 3 is 1.73 bits per heavy atom. The lowest BCUT2D eigenvalue weighted by atomic mass is 9.90. The van der Waals surface area contributed by atoms with Crippen LogP contribution < -0.4 is 10.6 Å². The first-order valence-electron chi connectivity index (χ1n) is 19.9. The van der Waals surface area contributed by atoms with Gasteiger partial charge in [0.1, 0.15) is 0 Å². The van der Waals surface area contributed by atoms with E-state index in [1.54, 1.807) is 0 Å². The second-order valence-electron chi connectivity index (χ2n) is 14.4. The number of unbranched alkanes of at least 4 members (excludes halogenated alkanes) is 10. The van der Waals surface area contributed by atoms with Gasteiger partial charge < -0.3 is 30.1 Å². The molecule has 1 aliphatic heterocycles. The molecule has 0 bridgehead atoms. The monoisotopic (exact) mass is 699 g/mol. The third-order valence-corrected chi connectivity index (χ3v) is 10.2. The van der Waals surface area contributed by atoms with Crippen molar-refractivity contribution < 1.29 is 19.4 Å². The summed E-state index contributed by atoms with van der Waals surface area (Å²) in [6.07, 6.45) is 14.9. The number of amides is 2. The summed E-state index contributed by atoms with van der Waals surface area (Å²) in [6, 6.07) is 26.1. The minimum atomic E-state index is -0.505. The maximum atomic E-state index is 12.4. The first kappa shape index (κ1) is 40.5. The minimum absolute atomic E-state index is 0.00102. The number of urea groups is 1. The molecule has 1 fully saturated rings. The molecular formula is C44H65N3O4. The fourth-order valence-corrected chi connectivity index (χ4v) is 6.92. The number of aliphatic hydroxyl groups excluding tert-OH is 1. The average molecular weight is 700 g/mol. The zero-order valence-electron chi connectivity index (χ0n) is 31.7. The first-order valence-corrected chi connectivity index (χ1v) is 19.9. The largest absolute Gasteiger partial charge is 0.392 e. The van der Waals surface area contributed by atoms with Crippen LogP contribution in [-0.2, 0) is 29.2 Å². The van der Waals surface area contributed by atoms with Crippen molar-refractivity contribution in [3.8, 4) is 0 Å². The van der Waals surface area contributed by atoms with E-state index < -0.39 is 6.29 Å². The van der Waals surface area contributed by atoms with Gasteiger partial charge in [-0.2, -0.15) is 0 Å². The highest BCUT2D eigenvalue weighted by molar-refractivity contribution is 5.73. The van der Waals surface area contributed by atoms with Crippen LogP contribution in [0.5, 0.6) is 0 Å². The van der Waals surface area contributed by atoms with Crippen molar-refractivity contribution in [2.45, 2.75) is 136 Å². The summed E-state index contributed by atoms with van der Waals surface area (Å²) in [5.41, 5.74) is 5.05. The summed E-state index contributed by atoms with van der Waals surface area (Å²) in [7, 11) is 0. The number of nitrogens with zero attached hydrogens (tertiary/aromatic N) is 1. The molecule has 2 amide bonds. The molecule has 3 aromatic carbocycles. The van der Waals surface area contributed by atoms with Gasteiger partial charge in [0.15, 0.2) is 6.29 Å². The van der Waals surface area contributed by atoms with E-state index in [1.807, 2.05) is 54.6 Å². The van der Waals surface area contributed by atoms with Gasteiger partial charge in [-0.25, -0.2) is 4.79 Å². The maximum Gasteiger partial charge on any atom is 0.315 e. The normalized spacial score (nSPS) is 18.9. The van der Waals surface area contributed by atoms with E-state index >= 15 is 0 Å². The molecule has 7 heteroatoms. The van der Waals surface area contributed by atoms with Gasteiger partial charge in [0.05, 0.1) is 18.8 Å². The number of aliphatic hydroxyl groups is 1. The molecule has 4 rings (SSSR count). The lowest BCUT2D eigenvalue weighted by Crippen LogP contribution is -2.45. The van der Waals surface area contributed by atoms with Crippen LogP contribution in [0.2, 0.25) is 0 Å². The van der Waals surface area contributed by atoms with Crippen LogP contribution in [-0.4, -0.2) is 41.8 Å². The van der Waals surface area contributed by atoms with Crippen molar-refractivity contribution in [2.24, 2.45) is 5.92 Å². The second kappa shape index (κ2) is 23.4. The number of rotatable bonds is 23. The third-order valence-electron chi connectivity index (χ3n) is 10.2. The summed E-state index contributed by atoms with van der Waals surface area (Å²) in [4.78, 5) is 15.1. The Labute approximate surface area is 308 Å². The second-order valence-corrected chi connectivity index (χ2v) is 14.4. The van der Waals surface area contributed by atoms with E-state index in [1.165, 1.54) is 77.0 Å². The highest BCUT2D eigenvalue weighted by Crippen LogP contribution is 2.42. The Hall–Kier alpha value is -3.23. The molecule has 0 spiro atoms. The maximum absolute atomic E-state index is 12.4. The third kappa shape index (κ3) is 14.4. The van der Waals surface area contributed by atoms with Crippen LogP contribution in [0.3, 0.4) is 0 Å². The SMILES string of the molecule is CCCCCCCCN(CCCCCCCC)C[C@@H]1O[C@H](c2ccc(CNC(=O)NCc3ccccc3)cc2)O[C@H](c2ccc(CO)cc2)[C@@H]1C. The number of carbonyl (C=O) groups is 1. The lowest BCUT2D eigenvalue weighted by molar-refractivity contribution is -0.276. The van der Waals surface area contributed by atoms with E-state index in [0.29, 0.717) is 13.1 Å². The van der Waals surface area contributed by atoms with Gasteiger partial charge in [-0.1, -0.05) is 164 Å². The summed E-state index contributed by atoms with van der Waals surface area (Å²) >= 11 is 0. The molecule has 4 atom stereocenters. The zero-order chi connectivity index (χ0) is 36.1. The van der Waals surface area contributed by atoms with E-state index in [0.717, 1.165) is 47.5 Å². The Balaban J connectivity index is 1.42. The molecule has 280 valence electrons. The average Bonchev–Trinajstić information content (AvgIpc) is 3.17. The van der Waals surface area contributed by atoms with Crippen molar-refractivity contribution in [1.29, 1.82) is 0 Å². The number of hydrogen-bond acceptors (Lipinski definition) is 5. The fraction of sp³-hybridized carbons (Fsp3) is 0.568. The van der Waals surface area contributed by atoms with Crippen molar-refractivity contribution >= 4 is 6.03 Å². The number of nitrogens with one attached hydrogen (secondary N) is 2. The molecule has 0 saturated carbocycles. The Kier molecular flexibility index (Phi) is 18.6. The predicted molar refractivity (Wildman–Crippen MR) is 208 cm³/mol. The van der Waals surface area contributed by atoms with Gasteiger partial charge in [-0.3, -0.25) is 0 Å². The summed E-state index contributed by atoms with van der Waals surface area (Å²) < 4.78 is 13.6. The summed E-state index contributed by atoms with van der Waals surface area (Å²) in [6.45, 7) is 10.9. The Morgan fingerprint density at radius 2 is 1.16 bits per heavy atom. The molecule has 3 N–H and O–H groups in total. The van der Waals surface area contributed by atoms with Crippen LogP contribution in [0.1, 0.15) is 138 Å². The van der Waals surface area contributed by atoms with Gasteiger partial charge in [-0.05, 0) is 48.2 Å². The Bertz CT molecular complexity index is 1340. The number of carbonyl (C=O) groups excluding carboxylic acids is 1.